The first kappa shape index (κ1) is 15.1. The molecule has 0 spiro atoms. The Morgan fingerprint density at radius 3 is 3.00 bits per heavy atom. The third kappa shape index (κ3) is 3.86. The first-order valence-electron chi connectivity index (χ1n) is 6.77. The molecule has 0 saturated carbocycles. The van der Waals surface area contributed by atoms with Crippen LogP contribution in [-0.2, 0) is 0 Å². The van der Waals surface area contributed by atoms with Gasteiger partial charge in [-0.15, -0.1) is 0 Å². The zero-order chi connectivity index (χ0) is 14.5. The number of aliphatic hydroxyl groups is 1. The minimum absolute atomic E-state index is 0.0544. The van der Waals surface area contributed by atoms with Crippen molar-refractivity contribution in [3.8, 4) is 0 Å². The molecule has 5 nitrogen and oxygen atoms in total. The number of nitrogens with one attached hydrogen (secondary N) is 2. The van der Waals surface area contributed by atoms with E-state index in [2.05, 4.69) is 37.5 Å². The summed E-state index contributed by atoms with van der Waals surface area (Å²) in [5.74, 6) is 0. The van der Waals surface area contributed by atoms with Crippen LogP contribution in [0.5, 0.6) is 0 Å². The predicted molar refractivity (Wildman–Crippen MR) is 83.0 cm³/mol. The molecule has 2 atom stereocenters. The maximum absolute atomic E-state index is 11.7. The molecule has 6 heteroatoms. The van der Waals surface area contributed by atoms with E-state index in [0.29, 0.717) is 0 Å². The molecule has 3 N–H and O–H groups in total. The standard InChI is InChI=1S/C14H20BrN3O2/c1-10(9-19)16-14(20)17-11-6-7-18(8-11)13-5-3-2-4-12(13)15/h2-5,10-11,19H,6-9H2,1H3,(H2,16,17,20). The minimum atomic E-state index is -0.226. The quantitative estimate of drug-likeness (QED) is 0.781. The van der Waals surface area contributed by atoms with Crippen molar-refractivity contribution in [1.82, 2.24) is 10.6 Å². The van der Waals surface area contributed by atoms with Gasteiger partial charge in [-0.05, 0) is 41.4 Å². The highest BCUT2D eigenvalue weighted by atomic mass is 79.9. The monoisotopic (exact) mass is 341 g/mol. The molecule has 1 saturated heterocycles. The van der Waals surface area contributed by atoms with Crippen LogP contribution >= 0.6 is 15.9 Å². The number of hydrogen-bond donors (Lipinski definition) is 3. The minimum Gasteiger partial charge on any atom is -0.394 e. The summed E-state index contributed by atoms with van der Waals surface area (Å²) in [6.07, 6.45) is 0.919. The Kier molecular flexibility index (Phi) is 5.25. The molecule has 110 valence electrons. The molecular formula is C14H20BrN3O2. The van der Waals surface area contributed by atoms with Gasteiger partial charge in [0.15, 0.2) is 0 Å². The van der Waals surface area contributed by atoms with Crippen LogP contribution in [0.2, 0.25) is 0 Å². The number of urea groups is 1. The Morgan fingerprint density at radius 2 is 2.30 bits per heavy atom. The van der Waals surface area contributed by atoms with Crippen molar-refractivity contribution in [3.05, 3.63) is 28.7 Å². The SMILES string of the molecule is CC(CO)NC(=O)NC1CCN(c2ccccc2Br)C1. The van der Waals surface area contributed by atoms with E-state index >= 15 is 0 Å². The van der Waals surface area contributed by atoms with Crippen LogP contribution in [0.25, 0.3) is 0 Å². The molecule has 1 fully saturated rings. The molecule has 20 heavy (non-hydrogen) atoms. The molecule has 2 amide bonds. The van der Waals surface area contributed by atoms with Crippen molar-refractivity contribution < 1.29 is 9.90 Å². The number of carbonyl (C=O) groups is 1. The van der Waals surface area contributed by atoms with Crippen molar-refractivity contribution in [2.75, 3.05) is 24.6 Å². The van der Waals surface area contributed by atoms with Crippen molar-refractivity contribution in [2.45, 2.75) is 25.4 Å². The Morgan fingerprint density at radius 1 is 1.55 bits per heavy atom. The summed E-state index contributed by atoms with van der Waals surface area (Å²) >= 11 is 3.55. The number of para-hydroxylation sites is 1. The predicted octanol–water partition coefficient (Wildman–Crippen LogP) is 1.71. The summed E-state index contributed by atoms with van der Waals surface area (Å²) in [7, 11) is 0. The smallest absolute Gasteiger partial charge is 0.315 e. The van der Waals surface area contributed by atoms with Crippen molar-refractivity contribution in [3.63, 3.8) is 0 Å². The Balaban J connectivity index is 1.87. The van der Waals surface area contributed by atoms with E-state index in [1.54, 1.807) is 6.92 Å². The summed E-state index contributed by atoms with van der Waals surface area (Å²) in [4.78, 5) is 14.0. The molecule has 0 radical (unpaired) electrons. The summed E-state index contributed by atoms with van der Waals surface area (Å²) in [6, 6.07) is 7.78. The van der Waals surface area contributed by atoms with Gasteiger partial charge >= 0.3 is 6.03 Å². The summed E-state index contributed by atoms with van der Waals surface area (Å²) in [5.41, 5.74) is 1.15. The van der Waals surface area contributed by atoms with E-state index < -0.39 is 0 Å². The van der Waals surface area contributed by atoms with Gasteiger partial charge in [0.1, 0.15) is 0 Å². The number of nitrogens with zero attached hydrogens (tertiary/aromatic N) is 1. The number of aliphatic hydroxyl groups excluding tert-OH is 1. The van der Waals surface area contributed by atoms with Gasteiger partial charge in [-0.3, -0.25) is 0 Å². The summed E-state index contributed by atoms with van der Waals surface area (Å²) in [5, 5.41) is 14.5. The molecule has 1 aromatic carbocycles. The molecule has 1 aliphatic heterocycles. The molecule has 2 rings (SSSR count). The highest BCUT2D eigenvalue weighted by molar-refractivity contribution is 9.10. The van der Waals surface area contributed by atoms with Crippen LogP contribution < -0.4 is 15.5 Å². The van der Waals surface area contributed by atoms with Crippen molar-refractivity contribution >= 4 is 27.6 Å². The third-order valence-corrected chi connectivity index (χ3v) is 4.04. The van der Waals surface area contributed by atoms with Crippen molar-refractivity contribution in [2.24, 2.45) is 0 Å². The Bertz CT molecular complexity index is 469. The number of benzene rings is 1. The van der Waals surface area contributed by atoms with Crippen molar-refractivity contribution in [1.29, 1.82) is 0 Å². The number of rotatable bonds is 4. The van der Waals surface area contributed by atoms with E-state index in [1.165, 1.54) is 0 Å². The molecule has 0 aliphatic carbocycles. The highest BCUT2D eigenvalue weighted by Gasteiger charge is 2.25. The summed E-state index contributed by atoms with van der Waals surface area (Å²) < 4.78 is 1.07. The number of halogens is 1. The van der Waals surface area contributed by atoms with Gasteiger partial charge in [-0.2, -0.15) is 0 Å². The second kappa shape index (κ2) is 6.95. The lowest BCUT2D eigenvalue weighted by atomic mass is 10.2. The molecule has 0 bridgehead atoms. The zero-order valence-electron chi connectivity index (χ0n) is 11.5. The third-order valence-electron chi connectivity index (χ3n) is 3.37. The zero-order valence-corrected chi connectivity index (χ0v) is 13.1. The van der Waals surface area contributed by atoms with Gasteiger partial charge in [0.25, 0.3) is 0 Å². The van der Waals surface area contributed by atoms with E-state index in [4.69, 9.17) is 5.11 Å². The van der Waals surface area contributed by atoms with Crippen LogP contribution in [0.15, 0.2) is 28.7 Å². The lowest BCUT2D eigenvalue weighted by molar-refractivity contribution is 0.218. The molecule has 1 heterocycles. The van der Waals surface area contributed by atoms with Crippen LogP contribution in [-0.4, -0.2) is 42.9 Å². The van der Waals surface area contributed by atoms with Crippen LogP contribution in [0.3, 0.4) is 0 Å². The van der Waals surface area contributed by atoms with Crippen LogP contribution in [0.1, 0.15) is 13.3 Å². The average Bonchev–Trinajstić information content (AvgIpc) is 2.87. The Hall–Kier alpha value is -1.27. The maximum Gasteiger partial charge on any atom is 0.315 e. The fourth-order valence-electron chi connectivity index (χ4n) is 2.30. The van der Waals surface area contributed by atoms with Gasteiger partial charge in [-0.1, -0.05) is 12.1 Å². The maximum atomic E-state index is 11.7. The number of amides is 2. The lowest BCUT2D eigenvalue weighted by Crippen LogP contribution is -2.47. The van der Waals surface area contributed by atoms with Gasteiger partial charge in [-0.25, -0.2) is 4.79 Å². The van der Waals surface area contributed by atoms with Gasteiger partial charge in [0.05, 0.1) is 18.3 Å². The van der Waals surface area contributed by atoms with Gasteiger partial charge in [0, 0.05) is 23.6 Å². The molecule has 0 aromatic heterocycles. The second-order valence-electron chi connectivity index (χ2n) is 5.08. The first-order chi connectivity index (χ1) is 9.60. The Labute approximate surface area is 127 Å². The largest absolute Gasteiger partial charge is 0.394 e. The fraction of sp³-hybridized carbons (Fsp3) is 0.500. The number of hydrogen-bond acceptors (Lipinski definition) is 3. The summed E-state index contributed by atoms with van der Waals surface area (Å²) in [6.45, 7) is 3.43. The topological polar surface area (TPSA) is 64.6 Å². The van der Waals surface area contributed by atoms with Crippen LogP contribution in [0.4, 0.5) is 10.5 Å². The van der Waals surface area contributed by atoms with Gasteiger partial charge in [0.2, 0.25) is 0 Å². The van der Waals surface area contributed by atoms with E-state index in [1.807, 2.05) is 18.2 Å². The molecular weight excluding hydrogens is 322 g/mol. The number of anilines is 1. The van der Waals surface area contributed by atoms with E-state index in [9.17, 15) is 4.79 Å². The first-order valence-corrected chi connectivity index (χ1v) is 7.57. The lowest BCUT2D eigenvalue weighted by Gasteiger charge is -2.21. The molecule has 1 aromatic rings. The van der Waals surface area contributed by atoms with E-state index in [0.717, 1.165) is 29.7 Å². The number of carbonyl (C=O) groups excluding carboxylic acids is 1. The fourth-order valence-corrected chi connectivity index (χ4v) is 2.84. The average molecular weight is 342 g/mol. The second-order valence-corrected chi connectivity index (χ2v) is 5.94. The highest BCUT2D eigenvalue weighted by Crippen LogP contribution is 2.28. The molecule has 1 aliphatic rings. The van der Waals surface area contributed by atoms with E-state index in [-0.39, 0.29) is 24.7 Å². The van der Waals surface area contributed by atoms with Gasteiger partial charge < -0.3 is 20.6 Å². The van der Waals surface area contributed by atoms with Crippen LogP contribution in [0, 0.1) is 0 Å². The molecule has 2 unspecified atom stereocenters. The normalized spacial score (nSPS) is 19.8.